The number of nitrogens with zero attached hydrogens (tertiary/aromatic N) is 1. The van der Waals surface area contributed by atoms with Gasteiger partial charge in [0.1, 0.15) is 29.8 Å². The predicted octanol–water partition coefficient (Wildman–Crippen LogP) is -1.49. The van der Waals surface area contributed by atoms with Crippen molar-refractivity contribution in [1.82, 2.24) is 5.32 Å². The maximum atomic E-state index is 9.85. The summed E-state index contributed by atoms with van der Waals surface area (Å²) in [5, 5.41) is 32.3. The quantitative estimate of drug-likeness (QED) is 0.475. The monoisotopic (exact) mass is 248 g/mol. The first-order chi connectivity index (χ1) is 7.67. The van der Waals surface area contributed by atoms with E-state index in [1.807, 2.05) is 6.92 Å². The van der Waals surface area contributed by atoms with E-state index in [0.717, 1.165) is 6.54 Å². The van der Waals surface area contributed by atoms with Gasteiger partial charge in [-0.25, -0.2) is 0 Å². The van der Waals surface area contributed by atoms with Crippen LogP contribution in [0.2, 0.25) is 0 Å². The van der Waals surface area contributed by atoms with Crippen LogP contribution in [0.15, 0.2) is 4.99 Å². The molecule has 2 heterocycles. The van der Waals surface area contributed by atoms with E-state index in [2.05, 4.69) is 10.3 Å². The van der Waals surface area contributed by atoms with Crippen LogP contribution in [0, 0.1) is 0 Å². The zero-order valence-electron chi connectivity index (χ0n) is 8.91. The van der Waals surface area contributed by atoms with Gasteiger partial charge in [-0.15, -0.1) is 0 Å². The standard InChI is InChI=1S/C9H16N2O4S/c1-2-10-9-11-5-7(14)6(13)4(3-12)15-8(5)16-9/h4-8,12-14H,2-3H2,1H3,(H,10,11)/t4-,5-,6-,7-,8-/m0/s1. The highest BCUT2D eigenvalue weighted by Gasteiger charge is 2.47. The van der Waals surface area contributed by atoms with Crippen molar-refractivity contribution in [2.75, 3.05) is 13.2 Å². The molecule has 6 nitrogen and oxygen atoms in total. The van der Waals surface area contributed by atoms with E-state index in [1.54, 1.807) is 0 Å². The number of nitrogens with one attached hydrogen (secondary N) is 1. The van der Waals surface area contributed by atoms with Gasteiger partial charge in [0.2, 0.25) is 0 Å². The molecule has 0 aromatic carbocycles. The lowest BCUT2D eigenvalue weighted by molar-refractivity contribution is -0.164. The molecule has 16 heavy (non-hydrogen) atoms. The topological polar surface area (TPSA) is 94.3 Å². The first-order valence-corrected chi connectivity index (χ1v) is 6.16. The van der Waals surface area contributed by atoms with Crippen LogP contribution >= 0.6 is 11.8 Å². The third kappa shape index (κ3) is 2.05. The zero-order valence-corrected chi connectivity index (χ0v) is 9.72. The number of thioether (sulfide) groups is 1. The Labute approximate surface area is 97.7 Å². The molecule has 2 rings (SSSR count). The van der Waals surface area contributed by atoms with Gasteiger partial charge in [-0.05, 0) is 6.92 Å². The van der Waals surface area contributed by atoms with Crippen molar-refractivity contribution in [3.8, 4) is 0 Å². The first-order valence-electron chi connectivity index (χ1n) is 5.28. The maximum absolute atomic E-state index is 9.85. The Kier molecular flexibility index (Phi) is 3.70. The number of amidine groups is 1. The summed E-state index contributed by atoms with van der Waals surface area (Å²) in [6, 6.07) is -0.461. The molecule has 4 N–H and O–H groups in total. The molecule has 0 bridgehead atoms. The first kappa shape index (κ1) is 12.1. The summed E-state index contributed by atoms with van der Waals surface area (Å²) >= 11 is 1.38. The summed E-state index contributed by atoms with van der Waals surface area (Å²) in [6.45, 7) is 2.39. The zero-order chi connectivity index (χ0) is 11.7. The van der Waals surface area contributed by atoms with Crippen LogP contribution in [-0.4, -0.2) is 63.4 Å². The lowest BCUT2D eigenvalue weighted by Crippen LogP contribution is -2.55. The van der Waals surface area contributed by atoms with Crippen LogP contribution in [0.1, 0.15) is 6.92 Å². The summed E-state index contributed by atoms with van der Waals surface area (Å²) in [6.07, 6.45) is -2.81. The Morgan fingerprint density at radius 1 is 1.44 bits per heavy atom. The van der Waals surface area contributed by atoms with Gasteiger partial charge in [0.25, 0.3) is 0 Å². The van der Waals surface area contributed by atoms with E-state index in [4.69, 9.17) is 9.84 Å². The molecule has 7 heteroatoms. The average molecular weight is 248 g/mol. The molecule has 1 saturated heterocycles. The van der Waals surface area contributed by atoms with Crippen LogP contribution in [-0.2, 0) is 4.74 Å². The fourth-order valence-corrected chi connectivity index (χ4v) is 3.01. The molecule has 0 spiro atoms. The van der Waals surface area contributed by atoms with Gasteiger partial charge >= 0.3 is 0 Å². The molecule has 0 radical (unpaired) electrons. The van der Waals surface area contributed by atoms with Crippen LogP contribution in [0.5, 0.6) is 0 Å². The number of ether oxygens (including phenoxy) is 1. The molecule has 0 aromatic heterocycles. The van der Waals surface area contributed by atoms with Crippen molar-refractivity contribution < 1.29 is 20.1 Å². The summed E-state index contributed by atoms with van der Waals surface area (Å²) in [7, 11) is 0. The van der Waals surface area contributed by atoms with E-state index in [1.165, 1.54) is 11.8 Å². The Bertz CT molecular complexity index is 289. The van der Waals surface area contributed by atoms with Crippen molar-refractivity contribution in [3.05, 3.63) is 0 Å². The maximum Gasteiger partial charge on any atom is 0.159 e. The highest BCUT2D eigenvalue weighted by Crippen LogP contribution is 2.35. The molecule has 2 aliphatic heterocycles. The van der Waals surface area contributed by atoms with Crippen molar-refractivity contribution in [2.45, 2.75) is 36.7 Å². The van der Waals surface area contributed by atoms with E-state index in [9.17, 15) is 10.2 Å². The molecular weight excluding hydrogens is 232 g/mol. The lowest BCUT2D eigenvalue weighted by atomic mass is 9.99. The largest absolute Gasteiger partial charge is 0.394 e. The molecule has 1 fully saturated rings. The SMILES string of the molecule is CCNC1=N[C@H]2[C@H](O)[C@@H](O)[C@H](CO)O[C@H]2S1. The second-order valence-electron chi connectivity index (χ2n) is 3.78. The summed E-state index contributed by atoms with van der Waals surface area (Å²) in [4.78, 5) is 4.25. The van der Waals surface area contributed by atoms with E-state index < -0.39 is 24.4 Å². The van der Waals surface area contributed by atoms with Crippen LogP contribution in [0.25, 0.3) is 0 Å². The third-order valence-corrected chi connectivity index (χ3v) is 3.77. The molecule has 5 atom stereocenters. The minimum absolute atomic E-state index is 0.307. The Hall–Kier alpha value is -0.340. The number of aliphatic hydroxyl groups is 3. The van der Waals surface area contributed by atoms with Gasteiger partial charge in [0.05, 0.1) is 6.61 Å². The molecule has 0 amide bonds. The molecule has 0 unspecified atom stereocenters. The number of fused-ring (bicyclic) bond motifs is 1. The fourth-order valence-electron chi connectivity index (χ4n) is 1.82. The number of aliphatic imine (C=N–C) groups is 1. The number of hydrogen-bond acceptors (Lipinski definition) is 7. The van der Waals surface area contributed by atoms with E-state index in [0.29, 0.717) is 5.17 Å². The Morgan fingerprint density at radius 3 is 2.81 bits per heavy atom. The third-order valence-electron chi connectivity index (χ3n) is 2.67. The van der Waals surface area contributed by atoms with Crippen LogP contribution in [0.4, 0.5) is 0 Å². The number of aliphatic hydroxyl groups excluding tert-OH is 3. The fraction of sp³-hybridized carbons (Fsp3) is 0.889. The van der Waals surface area contributed by atoms with Crippen molar-refractivity contribution in [3.63, 3.8) is 0 Å². The Morgan fingerprint density at radius 2 is 2.19 bits per heavy atom. The molecule has 92 valence electrons. The molecule has 0 aromatic rings. The van der Waals surface area contributed by atoms with E-state index >= 15 is 0 Å². The normalized spacial score (nSPS) is 42.8. The van der Waals surface area contributed by atoms with Gasteiger partial charge in [0, 0.05) is 6.54 Å². The molecular formula is C9H16N2O4S. The molecule has 0 aliphatic carbocycles. The number of rotatable bonds is 2. The van der Waals surface area contributed by atoms with Crippen molar-refractivity contribution in [2.24, 2.45) is 4.99 Å². The van der Waals surface area contributed by atoms with Gasteiger partial charge in [-0.3, -0.25) is 4.99 Å². The minimum atomic E-state index is -1.09. The van der Waals surface area contributed by atoms with Gasteiger partial charge in [-0.2, -0.15) is 0 Å². The second kappa shape index (κ2) is 4.89. The van der Waals surface area contributed by atoms with Crippen molar-refractivity contribution >= 4 is 16.9 Å². The summed E-state index contributed by atoms with van der Waals surface area (Å²) < 4.78 is 5.47. The number of hydrogen-bond donors (Lipinski definition) is 4. The van der Waals surface area contributed by atoms with Crippen LogP contribution < -0.4 is 5.32 Å². The van der Waals surface area contributed by atoms with Gasteiger partial charge in [-0.1, -0.05) is 11.8 Å². The highest BCUT2D eigenvalue weighted by molar-refractivity contribution is 8.14. The smallest absolute Gasteiger partial charge is 0.159 e. The highest BCUT2D eigenvalue weighted by atomic mass is 32.2. The van der Waals surface area contributed by atoms with Gasteiger partial charge in [0.15, 0.2) is 5.17 Å². The molecule has 2 aliphatic rings. The second-order valence-corrected chi connectivity index (χ2v) is 4.87. The summed E-state index contributed by atoms with van der Waals surface area (Å²) in [5.74, 6) is 0. The van der Waals surface area contributed by atoms with Crippen molar-refractivity contribution in [1.29, 1.82) is 0 Å². The average Bonchev–Trinajstić information content (AvgIpc) is 2.67. The van der Waals surface area contributed by atoms with E-state index in [-0.39, 0.29) is 12.0 Å². The molecule has 0 saturated carbocycles. The minimum Gasteiger partial charge on any atom is -0.394 e. The predicted molar refractivity (Wildman–Crippen MR) is 60.3 cm³/mol. The summed E-state index contributed by atoms with van der Waals surface area (Å²) in [5.41, 5.74) is -0.329. The Balaban J connectivity index is 2.08. The van der Waals surface area contributed by atoms with Crippen LogP contribution in [0.3, 0.4) is 0 Å². The van der Waals surface area contributed by atoms with Gasteiger partial charge < -0.3 is 25.4 Å². The lowest BCUT2D eigenvalue weighted by Gasteiger charge is -2.37.